The van der Waals surface area contributed by atoms with E-state index in [4.69, 9.17) is 46.4 Å². The normalized spacial score (nSPS) is 9.14. The predicted molar refractivity (Wildman–Crippen MR) is 316 cm³/mol. The van der Waals surface area contributed by atoms with Crippen LogP contribution in [0.25, 0.3) is 22.1 Å². The second-order valence-electron chi connectivity index (χ2n) is 12.1. The van der Waals surface area contributed by atoms with Crippen molar-refractivity contribution in [2.24, 2.45) is 0 Å². The number of carbonyl (C=O) groups excluding carboxylic acids is 1. The largest absolute Gasteiger partial charge is 0.339 e. The zero-order valence-corrected chi connectivity index (χ0v) is 46.0. The Kier molecular flexibility index (Phi) is 39.4. The molecule has 0 bridgehead atoms. The number of nitrogens with zero attached hydrogens (tertiary/aromatic N) is 7. The van der Waals surface area contributed by atoms with E-state index >= 15 is 0 Å². The molecule has 32 heteroatoms. The molecule has 5 aromatic carbocycles. The average Bonchev–Trinajstić information content (AvgIpc) is 3.95. The summed E-state index contributed by atoms with van der Waals surface area (Å²) >= 11 is 40.5. The molecule has 0 N–H and O–H groups in total. The van der Waals surface area contributed by atoms with Crippen LogP contribution < -0.4 is 4.90 Å². The van der Waals surface area contributed by atoms with Gasteiger partial charge in [0.15, 0.2) is 0 Å². The first-order chi connectivity index (χ1) is 32.3. The lowest BCUT2D eigenvalue weighted by Crippen LogP contribution is -2.12. The molecule has 14 nitrogen and oxygen atoms in total. The number of rotatable bonds is 7. The number of hydrogen-bond donors (Lipinski definition) is 0. The molecular weight excluding hydrogens is 1240 g/mol. The molecule has 0 saturated carbocycles. The second kappa shape index (κ2) is 39.0. The molecule has 0 spiro atoms. The quantitative estimate of drug-likeness (QED) is 0.108. The standard InChI is InChI=1S/C13H8ClFN4O3.C9H8ClFO.C8H8ClF.C6H2ClN3O3.4CH4.S6.S5/c1-18(9-5-7(14)4-8(15)6-9)11-3-2-10-12(17-22-16-10)13(11)19(20)21;1-6(12)2-7-3-8(10)5-9(11)4-7;1-2-6-3-7(9)5-8(10)4-6;7-3-1-2-4-5(9-13-8-4)6(3)10(11)12;;;;;1-3-5-6-4-2;1-3-5-4-2/h2-6H,1H3;3-5H,2H2,1H3;3-5H,2H2,1H3;1-2H;4*1H4;;. The van der Waals surface area contributed by atoms with Crippen LogP contribution in [-0.2, 0) is 125 Å². The summed E-state index contributed by atoms with van der Waals surface area (Å²) in [4.78, 5) is 32.8. The number of hydrogen-bond acceptors (Lipinski definition) is 16. The molecule has 0 radical (unpaired) electrons. The van der Waals surface area contributed by atoms with Crippen molar-refractivity contribution in [2.45, 2.75) is 56.4 Å². The Labute approximate surface area is 473 Å². The van der Waals surface area contributed by atoms with Crippen LogP contribution in [0.15, 0.2) is 88.1 Å². The lowest BCUT2D eigenvalue weighted by Gasteiger charge is -2.19. The topological polar surface area (TPSA) is 184 Å². The third kappa shape index (κ3) is 25.7. The molecule has 0 aliphatic rings. The summed E-state index contributed by atoms with van der Waals surface area (Å²) in [5, 5.41) is 36.9. The highest BCUT2D eigenvalue weighted by Gasteiger charge is 2.26. The van der Waals surface area contributed by atoms with Crippen LogP contribution in [0.1, 0.15) is 54.7 Å². The minimum Gasteiger partial charge on any atom is -0.339 e. The molecule has 394 valence electrons. The second-order valence-corrected chi connectivity index (χ2v) is 26.2. The van der Waals surface area contributed by atoms with Crippen LogP contribution in [0.3, 0.4) is 0 Å². The van der Waals surface area contributed by atoms with Crippen molar-refractivity contribution in [3.05, 3.63) is 148 Å². The first kappa shape index (κ1) is 72.8. The summed E-state index contributed by atoms with van der Waals surface area (Å²) in [5.74, 6) is -1.21. The van der Waals surface area contributed by atoms with Crippen molar-refractivity contribution < 1.29 is 37.1 Å². The number of anilines is 2. The fraction of sp³-hybridized carbons (Fsp3) is 0.225. The van der Waals surface area contributed by atoms with Gasteiger partial charge in [0.2, 0.25) is 11.0 Å². The average molecular weight is 1280 g/mol. The maximum atomic E-state index is 13.5. The molecule has 0 aliphatic carbocycles. The number of halogens is 7. The SMILES string of the molecule is C.C.C.C.CC(=O)Cc1cc(F)cc(Cl)c1.CCc1cc(F)cc(Cl)c1.CN(c1cc(F)cc(Cl)c1)c1ccc2nonc2c1[N+](=O)[O-].O=[N+]([O-])c1c(Cl)ccc2nonc12.S=S=S=S=S.S=S=S=S=S=S. The highest BCUT2D eigenvalue weighted by atomic mass is 35.5. The number of nitro benzene ring substituents is 2. The first-order valence-corrected chi connectivity index (χ1v) is 31.0. The van der Waals surface area contributed by atoms with Gasteiger partial charge in [0.1, 0.15) is 45.0 Å². The van der Waals surface area contributed by atoms with Gasteiger partial charge in [-0.3, -0.25) is 25.0 Å². The van der Waals surface area contributed by atoms with E-state index in [9.17, 15) is 38.2 Å². The van der Waals surface area contributed by atoms with Gasteiger partial charge in [-0.25, -0.2) is 22.4 Å². The molecule has 0 aliphatic heterocycles. The monoisotopic (exact) mass is 1280 g/mol. The number of Topliss-reactive ketones (excluding diaryl/α,β-unsaturated/α-hetero) is 1. The van der Waals surface area contributed by atoms with Crippen LogP contribution in [0.2, 0.25) is 20.1 Å². The summed E-state index contributed by atoms with van der Waals surface area (Å²) in [6.45, 7) is 3.42. The van der Waals surface area contributed by atoms with E-state index in [2.05, 4.69) is 74.6 Å². The molecule has 0 unspecified atom stereocenters. The Hall–Kier alpha value is -3.46. The maximum Gasteiger partial charge on any atom is 0.324 e. The van der Waals surface area contributed by atoms with Crippen molar-refractivity contribution in [1.29, 1.82) is 0 Å². The smallest absolute Gasteiger partial charge is 0.324 e. The molecule has 72 heavy (non-hydrogen) atoms. The molecule has 0 fully saturated rings. The van der Waals surface area contributed by atoms with Gasteiger partial charge >= 0.3 is 11.4 Å². The minimum absolute atomic E-state index is 0. The first-order valence-electron chi connectivity index (χ1n) is 17.5. The Morgan fingerprint density at radius 1 is 0.625 bits per heavy atom. The van der Waals surface area contributed by atoms with Gasteiger partial charge < -0.3 is 4.90 Å². The number of ketones is 1. The van der Waals surface area contributed by atoms with Gasteiger partial charge in [0.25, 0.3) is 0 Å². The Balaban J connectivity index is -0.000000838. The minimum atomic E-state index is -0.616. The van der Waals surface area contributed by atoms with E-state index in [0.29, 0.717) is 26.8 Å². The maximum absolute atomic E-state index is 13.5. The van der Waals surface area contributed by atoms with E-state index in [1.54, 1.807) is 19.2 Å². The summed E-state index contributed by atoms with van der Waals surface area (Å²) in [6.07, 6.45) is 1.05. The summed E-state index contributed by atoms with van der Waals surface area (Å²) in [5.41, 5.74) is 2.25. The van der Waals surface area contributed by atoms with E-state index < -0.39 is 21.5 Å². The highest BCUT2D eigenvalue weighted by molar-refractivity contribution is 8.64. The molecule has 7 aromatic rings. The summed E-state index contributed by atoms with van der Waals surface area (Å²) < 4.78 is 47.6. The van der Waals surface area contributed by atoms with Crippen molar-refractivity contribution in [1.82, 2.24) is 20.6 Å². The van der Waals surface area contributed by atoms with E-state index in [1.807, 2.05) is 6.92 Å². The van der Waals surface area contributed by atoms with Gasteiger partial charge in [0, 0.05) is 141 Å². The van der Waals surface area contributed by atoms with Gasteiger partial charge in [-0.2, -0.15) is 0 Å². The number of aryl methyl sites for hydroxylation is 1. The molecule has 0 saturated heterocycles. The number of aromatic nitrogens is 4. The molecule has 2 heterocycles. The molecular formula is C40H42Cl4F3N7O7S11. The zero-order chi connectivity index (χ0) is 50.9. The van der Waals surface area contributed by atoms with Crippen molar-refractivity contribution in [3.8, 4) is 0 Å². The van der Waals surface area contributed by atoms with Gasteiger partial charge in [-0.1, -0.05) is 83.0 Å². The third-order valence-corrected chi connectivity index (χ3v) is 19.6. The fourth-order valence-corrected chi connectivity index (χ4v) is 14.1. The summed E-state index contributed by atoms with van der Waals surface area (Å²) in [7, 11) is 11.1. The van der Waals surface area contributed by atoms with Gasteiger partial charge in [-0.05, 0) is 124 Å². The predicted octanol–water partition coefficient (Wildman–Crippen LogP) is 13.6. The number of fused-ring (bicyclic) bond motifs is 2. The Morgan fingerprint density at radius 2 is 1.04 bits per heavy atom. The molecule has 0 atom stereocenters. The Morgan fingerprint density at radius 3 is 1.44 bits per heavy atom. The number of benzene rings is 5. The van der Waals surface area contributed by atoms with E-state index in [1.165, 1.54) is 135 Å². The Bertz CT molecular complexity index is 3140. The summed E-state index contributed by atoms with van der Waals surface area (Å²) in [6, 6.07) is 18.5. The van der Waals surface area contributed by atoms with E-state index in [0.717, 1.165) is 18.1 Å². The van der Waals surface area contributed by atoms with Crippen LogP contribution >= 0.6 is 46.4 Å². The van der Waals surface area contributed by atoms with Gasteiger partial charge in [-0.15, -0.1) is 0 Å². The van der Waals surface area contributed by atoms with Crippen molar-refractivity contribution >= 4 is 204 Å². The highest BCUT2D eigenvalue weighted by Crippen LogP contribution is 2.38. The van der Waals surface area contributed by atoms with Crippen molar-refractivity contribution in [3.63, 3.8) is 0 Å². The van der Waals surface area contributed by atoms with Crippen LogP contribution in [0, 0.1) is 37.7 Å². The van der Waals surface area contributed by atoms with E-state index in [-0.39, 0.29) is 91.4 Å². The van der Waals surface area contributed by atoms with Gasteiger partial charge in [0.05, 0.1) is 9.85 Å². The van der Waals surface area contributed by atoms with Crippen molar-refractivity contribution in [2.75, 3.05) is 11.9 Å². The number of nitro groups is 2. The molecule has 2 aromatic heterocycles. The fourth-order valence-electron chi connectivity index (χ4n) is 4.99. The van der Waals surface area contributed by atoms with Crippen LogP contribution in [0.4, 0.5) is 35.9 Å². The van der Waals surface area contributed by atoms with Crippen LogP contribution in [-0.4, -0.2) is 43.3 Å². The third-order valence-electron chi connectivity index (χ3n) is 7.54. The molecule has 7 rings (SSSR count). The number of carbonyl (C=O) groups is 1. The lowest BCUT2D eigenvalue weighted by atomic mass is 10.1. The van der Waals surface area contributed by atoms with Crippen LogP contribution in [0.5, 0.6) is 0 Å². The molecule has 0 amide bonds. The zero-order valence-electron chi connectivity index (χ0n) is 34.0. The lowest BCUT2D eigenvalue weighted by molar-refractivity contribution is -0.383.